The molecule has 1 spiro atoms. The van der Waals surface area contributed by atoms with Gasteiger partial charge >= 0.3 is 5.91 Å². The average molecular weight is 527 g/mol. The van der Waals surface area contributed by atoms with Crippen molar-refractivity contribution in [2.75, 3.05) is 36.9 Å². The lowest BCUT2D eigenvalue weighted by Gasteiger charge is -2.38. The maximum atomic E-state index is 12.9. The Bertz CT molecular complexity index is 1250. The summed E-state index contributed by atoms with van der Waals surface area (Å²) in [6.07, 6.45) is 1.45. The molecule has 3 heterocycles. The zero-order valence-electron chi connectivity index (χ0n) is 18.1. The molecule has 0 saturated carbocycles. The number of carbonyl (C=O) groups is 1. The molecule has 6 N–H and O–H groups in total. The van der Waals surface area contributed by atoms with E-state index >= 15 is 0 Å². The van der Waals surface area contributed by atoms with Gasteiger partial charge in [-0.15, -0.1) is 0 Å². The monoisotopic (exact) mass is 526 g/mol. The number of carbonyl (C=O) groups excluding carboxylic acids is 1. The molecule has 0 radical (unpaired) electrons. The molecule has 1 aromatic carbocycles. The first-order chi connectivity index (χ1) is 16.1. The van der Waals surface area contributed by atoms with E-state index in [-0.39, 0.29) is 34.2 Å². The minimum atomic E-state index is -3.44. The SMILES string of the molecule is Nc1nc(N)c(C(=O)/N=C2\NCC3(CCN(S(=O)(=O)CCc4ccccc4Cl)CC3)N2)nc1Cl. The molecular weight excluding hydrogens is 503 g/mol. The standard InChI is InChI=1S/C20H24Cl2N8O3S/c21-13-4-2-1-3-12(13)5-10-34(32,33)30-8-6-20(7-9-30)11-25-19(29-20)28-18(31)14-16(23)27-17(24)15(22)26-14/h1-4H,5-11H2,(H4,23,24,27)(H2,25,28,29,31). The molecule has 2 aliphatic rings. The van der Waals surface area contributed by atoms with Crippen molar-refractivity contribution in [1.29, 1.82) is 0 Å². The van der Waals surface area contributed by atoms with E-state index in [9.17, 15) is 13.2 Å². The lowest BCUT2D eigenvalue weighted by atomic mass is 9.90. The topological polar surface area (TPSA) is 169 Å². The second-order valence-corrected chi connectivity index (χ2v) is 11.1. The molecule has 0 aliphatic carbocycles. The number of nitrogens with zero attached hydrogens (tertiary/aromatic N) is 4. The highest BCUT2D eigenvalue weighted by atomic mass is 35.5. The predicted octanol–water partition coefficient (Wildman–Crippen LogP) is 1.04. The number of guanidine groups is 1. The summed E-state index contributed by atoms with van der Waals surface area (Å²) in [6, 6.07) is 7.23. The first kappa shape index (κ1) is 24.5. The summed E-state index contributed by atoms with van der Waals surface area (Å²) in [7, 11) is -3.44. The summed E-state index contributed by atoms with van der Waals surface area (Å²) < 4.78 is 27.2. The molecular formula is C20H24Cl2N8O3S. The molecule has 11 nitrogen and oxygen atoms in total. The summed E-state index contributed by atoms with van der Waals surface area (Å²) >= 11 is 12.0. The van der Waals surface area contributed by atoms with Gasteiger partial charge in [0.2, 0.25) is 10.0 Å². The normalized spacial score (nSPS) is 19.2. The van der Waals surface area contributed by atoms with Gasteiger partial charge in [0.1, 0.15) is 0 Å². The fraction of sp³-hybridized carbons (Fsp3) is 0.400. The molecule has 34 heavy (non-hydrogen) atoms. The third kappa shape index (κ3) is 5.19. The number of aryl methyl sites for hydroxylation is 1. The zero-order chi connectivity index (χ0) is 24.5. The number of nitrogens with one attached hydrogen (secondary N) is 2. The number of aromatic nitrogens is 2. The molecule has 2 aromatic rings. The van der Waals surface area contributed by atoms with Crippen molar-refractivity contribution >= 4 is 56.7 Å². The molecule has 2 aliphatic heterocycles. The number of halogens is 2. The number of amides is 1. The van der Waals surface area contributed by atoms with Gasteiger partial charge in [-0.05, 0) is 30.9 Å². The molecule has 2 fully saturated rings. The Kier molecular flexibility index (Phi) is 6.85. The average Bonchev–Trinajstić information content (AvgIpc) is 3.17. The van der Waals surface area contributed by atoms with Crippen LogP contribution in [0.1, 0.15) is 28.9 Å². The van der Waals surface area contributed by atoms with Crippen LogP contribution >= 0.6 is 23.2 Å². The number of hydrogen-bond donors (Lipinski definition) is 4. The summed E-state index contributed by atoms with van der Waals surface area (Å²) in [6.45, 7) is 1.20. The maximum absolute atomic E-state index is 12.9. The summed E-state index contributed by atoms with van der Waals surface area (Å²) in [5.41, 5.74) is 11.4. The van der Waals surface area contributed by atoms with E-state index in [0.717, 1.165) is 5.56 Å². The Morgan fingerprint density at radius 1 is 1.15 bits per heavy atom. The summed E-state index contributed by atoms with van der Waals surface area (Å²) in [4.78, 5) is 24.1. The zero-order valence-corrected chi connectivity index (χ0v) is 20.4. The van der Waals surface area contributed by atoms with E-state index in [1.807, 2.05) is 18.2 Å². The van der Waals surface area contributed by atoms with Crippen LogP contribution < -0.4 is 22.1 Å². The number of aliphatic imine (C=N–C) groups is 1. The maximum Gasteiger partial charge on any atom is 0.302 e. The minimum absolute atomic E-state index is 0.0107. The molecule has 0 bridgehead atoms. The Labute approximate surface area is 207 Å². The minimum Gasteiger partial charge on any atom is -0.382 e. The third-order valence-corrected chi connectivity index (χ3v) is 8.48. The number of nitrogen functional groups attached to an aromatic ring is 2. The largest absolute Gasteiger partial charge is 0.382 e. The van der Waals surface area contributed by atoms with Gasteiger partial charge in [0.15, 0.2) is 28.4 Å². The fourth-order valence-corrected chi connectivity index (χ4v) is 5.81. The van der Waals surface area contributed by atoms with Gasteiger partial charge < -0.3 is 22.1 Å². The van der Waals surface area contributed by atoms with Gasteiger partial charge in [-0.1, -0.05) is 41.4 Å². The van der Waals surface area contributed by atoms with E-state index < -0.39 is 21.5 Å². The van der Waals surface area contributed by atoms with Crippen LogP contribution in [0.25, 0.3) is 0 Å². The number of anilines is 2. The molecule has 0 atom stereocenters. The second kappa shape index (κ2) is 9.53. The fourth-order valence-electron chi connectivity index (χ4n) is 3.98. The highest BCUT2D eigenvalue weighted by Gasteiger charge is 2.42. The smallest absolute Gasteiger partial charge is 0.302 e. The van der Waals surface area contributed by atoms with Crippen molar-refractivity contribution in [3.05, 3.63) is 45.7 Å². The summed E-state index contributed by atoms with van der Waals surface area (Å²) in [5.74, 6) is -0.719. The van der Waals surface area contributed by atoms with Crippen LogP contribution in [0.2, 0.25) is 10.2 Å². The van der Waals surface area contributed by atoms with E-state index in [1.54, 1.807) is 6.07 Å². The van der Waals surface area contributed by atoms with Crippen molar-refractivity contribution in [2.24, 2.45) is 4.99 Å². The molecule has 4 rings (SSSR count). The van der Waals surface area contributed by atoms with Crippen molar-refractivity contribution in [3.8, 4) is 0 Å². The number of hydrogen-bond acceptors (Lipinski definition) is 7. The van der Waals surface area contributed by atoms with Gasteiger partial charge in [0, 0.05) is 24.7 Å². The van der Waals surface area contributed by atoms with Crippen LogP contribution in [0, 0.1) is 0 Å². The summed E-state index contributed by atoms with van der Waals surface area (Å²) in [5, 5.41) is 6.71. The van der Waals surface area contributed by atoms with E-state index in [4.69, 9.17) is 34.7 Å². The van der Waals surface area contributed by atoms with E-state index in [0.29, 0.717) is 43.9 Å². The van der Waals surface area contributed by atoms with Crippen molar-refractivity contribution in [2.45, 2.75) is 24.8 Å². The van der Waals surface area contributed by atoms with Crippen LogP contribution in [0.5, 0.6) is 0 Å². The molecule has 0 unspecified atom stereocenters. The van der Waals surface area contributed by atoms with Gasteiger partial charge in [0.05, 0.1) is 11.3 Å². The first-order valence-electron chi connectivity index (χ1n) is 10.5. The Hall–Kier alpha value is -2.67. The number of nitrogens with two attached hydrogens (primary N) is 2. The van der Waals surface area contributed by atoms with Crippen LogP contribution in [0.4, 0.5) is 11.6 Å². The lowest BCUT2D eigenvalue weighted by Crippen LogP contribution is -2.54. The van der Waals surface area contributed by atoms with Gasteiger partial charge in [-0.3, -0.25) is 4.79 Å². The van der Waals surface area contributed by atoms with Crippen LogP contribution in [-0.4, -0.2) is 65.5 Å². The number of rotatable bonds is 5. The lowest BCUT2D eigenvalue weighted by molar-refractivity contribution is 0.0998. The van der Waals surface area contributed by atoms with Crippen LogP contribution in [0.3, 0.4) is 0 Å². The first-order valence-corrected chi connectivity index (χ1v) is 12.9. The Balaban J connectivity index is 1.36. The molecule has 2 saturated heterocycles. The second-order valence-electron chi connectivity index (χ2n) is 8.21. The molecule has 14 heteroatoms. The van der Waals surface area contributed by atoms with E-state index in [1.165, 1.54) is 4.31 Å². The number of piperidine rings is 1. The third-order valence-electron chi connectivity index (χ3n) is 5.96. The van der Waals surface area contributed by atoms with Gasteiger partial charge in [-0.2, -0.15) is 4.99 Å². The van der Waals surface area contributed by atoms with E-state index in [2.05, 4.69) is 25.6 Å². The van der Waals surface area contributed by atoms with Crippen LogP contribution in [0.15, 0.2) is 29.3 Å². The van der Waals surface area contributed by atoms with Gasteiger partial charge in [0.25, 0.3) is 0 Å². The number of benzene rings is 1. The van der Waals surface area contributed by atoms with Crippen molar-refractivity contribution < 1.29 is 13.2 Å². The quantitative estimate of drug-likeness (QED) is 0.444. The predicted molar refractivity (Wildman–Crippen MR) is 131 cm³/mol. The van der Waals surface area contributed by atoms with Gasteiger partial charge in [-0.25, -0.2) is 22.7 Å². The molecule has 1 amide bonds. The highest BCUT2D eigenvalue weighted by molar-refractivity contribution is 7.89. The molecule has 1 aromatic heterocycles. The van der Waals surface area contributed by atoms with Crippen molar-refractivity contribution in [3.63, 3.8) is 0 Å². The van der Waals surface area contributed by atoms with Crippen molar-refractivity contribution in [1.82, 2.24) is 24.9 Å². The number of sulfonamides is 1. The highest BCUT2D eigenvalue weighted by Crippen LogP contribution is 2.27. The Morgan fingerprint density at radius 3 is 2.56 bits per heavy atom. The molecule has 182 valence electrons. The Morgan fingerprint density at radius 2 is 1.85 bits per heavy atom. The van der Waals surface area contributed by atoms with Crippen LogP contribution in [-0.2, 0) is 16.4 Å².